The van der Waals surface area contributed by atoms with E-state index in [1.165, 1.54) is 11.1 Å². The number of hydrogen-bond acceptors (Lipinski definition) is 18. The maximum Gasteiger partial charge on any atom is 0.163 e. The van der Waals surface area contributed by atoms with E-state index in [1.807, 2.05) is 18.2 Å². The van der Waals surface area contributed by atoms with E-state index in [2.05, 4.69) is 54.6 Å². The first-order chi connectivity index (χ1) is 38.3. The van der Waals surface area contributed by atoms with Crippen molar-refractivity contribution in [3.63, 3.8) is 0 Å². The van der Waals surface area contributed by atoms with Gasteiger partial charge in [-0.15, -0.1) is 11.4 Å². The van der Waals surface area contributed by atoms with Crippen molar-refractivity contribution in [2.24, 2.45) is 20.0 Å². The Morgan fingerprint density at radius 3 is 1.42 bits per heavy atom. The van der Waals surface area contributed by atoms with E-state index in [1.54, 1.807) is 33.7 Å². The number of aliphatic hydroxyl groups is 2. The molecule has 442 valence electrons. The molecule has 1 aromatic carbocycles. The summed E-state index contributed by atoms with van der Waals surface area (Å²) in [6.07, 6.45) is 11.9. The molecule has 4 heterocycles. The molecule has 79 heavy (non-hydrogen) atoms. The summed E-state index contributed by atoms with van der Waals surface area (Å²) in [5.41, 5.74) is 12.2. The van der Waals surface area contributed by atoms with Gasteiger partial charge in [0.2, 0.25) is 0 Å². The molecule has 0 spiro atoms. The van der Waals surface area contributed by atoms with Gasteiger partial charge in [0.1, 0.15) is 13.2 Å². The van der Waals surface area contributed by atoms with Crippen molar-refractivity contribution in [2.45, 2.75) is 66.2 Å². The van der Waals surface area contributed by atoms with E-state index < -0.39 is 0 Å². The minimum absolute atomic E-state index is 0. The van der Waals surface area contributed by atoms with Crippen LogP contribution in [-0.2, 0) is 50.7 Å². The molecule has 0 radical (unpaired) electrons. The maximum atomic E-state index is 9.92. The molecule has 0 amide bonds. The third-order valence-electron chi connectivity index (χ3n) is 13.5. The number of benzene rings is 1. The van der Waals surface area contributed by atoms with Crippen molar-refractivity contribution in [1.82, 2.24) is 14.8 Å². The third kappa shape index (κ3) is 23.8. The Balaban J connectivity index is 0.0000134. The van der Waals surface area contributed by atoms with Crippen LogP contribution in [0.3, 0.4) is 0 Å². The average molecular weight is 1250 g/mol. The van der Waals surface area contributed by atoms with Gasteiger partial charge in [0, 0.05) is 126 Å². The summed E-state index contributed by atoms with van der Waals surface area (Å²) < 4.78 is 56.7. The molecule has 3 aliphatic heterocycles. The first-order valence-electron chi connectivity index (χ1n) is 28.0. The minimum atomic E-state index is 0. The van der Waals surface area contributed by atoms with Crippen LogP contribution in [0.15, 0.2) is 71.9 Å². The van der Waals surface area contributed by atoms with Gasteiger partial charge in [0.25, 0.3) is 0 Å². The van der Waals surface area contributed by atoms with Crippen molar-refractivity contribution < 1.29 is 97.5 Å². The zero-order valence-electron chi connectivity index (χ0n) is 48.2. The fourth-order valence-corrected chi connectivity index (χ4v) is 9.11. The summed E-state index contributed by atoms with van der Waals surface area (Å²) in [5, 5.41) is 19.6. The second-order valence-electron chi connectivity index (χ2n) is 18.8. The second kappa shape index (κ2) is 40.7. The molecule has 1 saturated heterocycles. The zero-order chi connectivity index (χ0) is 55.6. The predicted molar refractivity (Wildman–Crippen MR) is 309 cm³/mol. The molecule has 3 aliphatic rings. The van der Waals surface area contributed by atoms with Crippen LogP contribution in [0.2, 0.25) is 0 Å². The number of methoxy groups -OCH3 is 2. The molecule has 2 N–H and O–H groups in total. The van der Waals surface area contributed by atoms with Crippen LogP contribution in [-0.4, -0.2) is 223 Å². The number of aliphatic hydroxyl groups excluding tert-OH is 2. The van der Waals surface area contributed by atoms with Gasteiger partial charge in [0.05, 0.1) is 127 Å². The smallest absolute Gasteiger partial charge is 0.163 e. The Kier molecular flexibility index (Phi) is 35.1. The van der Waals surface area contributed by atoms with Crippen molar-refractivity contribution in [3.8, 4) is 11.5 Å². The van der Waals surface area contributed by atoms with Crippen LogP contribution >= 0.6 is 0 Å². The van der Waals surface area contributed by atoms with Crippen molar-refractivity contribution >= 4 is 41.7 Å². The van der Waals surface area contributed by atoms with Gasteiger partial charge < -0.3 is 62.6 Å². The number of hydrogen-bond donors (Lipinski definition) is 2. The molecule has 0 aliphatic carbocycles. The number of ether oxygens (including phenoxy) is 10. The quantitative estimate of drug-likeness (QED) is 0.0545. The van der Waals surface area contributed by atoms with E-state index in [-0.39, 0.29) is 53.2 Å². The first-order valence-corrected chi connectivity index (χ1v) is 28.0. The topological polar surface area (TPSA) is 203 Å². The van der Waals surface area contributed by atoms with Crippen molar-refractivity contribution in [3.05, 3.63) is 74.4 Å². The molecular formula is C59H90GdN7O12-. The minimum Gasteiger partial charge on any atom is -0.657 e. The van der Waals surface area contributed by atoms with Crippen LogP contribution in [0.5, 0.6) is 11.5 Å². The zero-order valence-corrected chi connectivity index (χ0v) is 50.5. The molecular weight excluding hydrogens is 1160 g/mol. The van der Waals surface area contributed by atoms with Crippen LogP contribution in [0, 0.1) is 39.9 Å². The fourth-order valence-electron chi connectivity index (χ4n) is 9.11. The number of aromatic nitrogens is 1. The molecule has 0 bridgehead atoms. The number of nitrogens with zero attached hydrogens (tertiary/aromatic N) is 7. The third-order valence-corrected chi connectivity index (χ3v) is 13.5. The summed E-state index contributed by atoms with van der Waals surface area (Å²) in [4.78, 5) is 29.3. The van der Waals surface area contributed by atoms with E-state index in [0.29, 0.717) is 149 Å². The van der Waals surface area contributed by atoms with Crippen LogP contribution < -0.4 is 14.5 Å². The molecule has 0 unspecified atom stereocenters. The number of allylic oxidation sites excluding steroid dienone is 4. The van der Waals surface area contributed by atoms with Crippen LogP contribution in [0.1, 0.15) is 75.9 Å². The summed E-state index contributed by atoms with van der Waals surface area (Å²) in [5.74, 6) is 1.10. The monoisotopic (exact) mass is 1250 g/mol. The summed E-state index contributed by atoms with van der Waals surface area (Å²) >= 11 is 0. The van der Waals surface area contributed by atoms with Gasteiger partial charge in [-0.05, 0) is 86.8 Å². The van der Waals surface area contributed by atoms with Gasteiger partial charge in [-0.3, -0.25) is 19.8 Å². The van der Waals surface area contributed by atoms with Crippen LogP contribution in [0.4, 0.5) is 5.69 Å². The van der Waals surface area contributed by atoms with Crippen molar-refractivity contribution in [1.29, 1.82) is 0 Å². The molecule has 2 aromatic rings. The Morgan fingerprint density at radius 2 is 0.987 bits per heavy atom. The van der Waals surface area contributed by atoms with Gasteiger partial charge in [-0.25, -0.2) is 9.98 Å². The molecule has 20 heteroatoms. The Hall–Kier alpha value is -3.42. The number of aliphatic imine (C=N–C) groups is 4. The average Bonchev–Trinajstić information content (AvgIpc) is 4.19. The normalized spacial score (nSPS) is 16.5. The first kappa shape index (κ1) is 68.1. The fraction of sp³-hybridized carbons (Fsp3) is 0.627. The summed E-state index contributed by atoms with van der Waals surface area (Å²) in [6.45, 7) is 22.5. The SMILES string of the molecule is CCc1c(/C=C2\N=C(C=NC)C(C)=C2CCCO)[n-]c(/C=C2\N=C(C=Nc3ccc(OCCOCCOCCOC)c(OCCOCCOCCN4CCN(CCOCCOCCOC)CC4)c3)C(C)=C2CCCO)c1CC.[Gd]. The van der Waals surface area contributed by atoms with E-state index >= 15 is 0 Å². The summed E-state index contributed by atoms with van der Waals surface area (Å²) in [6, 6.07) is 5.60. The number of piperazine rings is 1. The van der Waals surface area contributed by atoms with Crippen molar-refractivity contribution in [2.75, 3.05) is 179 Å². The molecule has 0 saturated carbocycles. The summed E-state index contributed by atoms with van der Waals surface area (Å²) in [7, 11) is 5.06. The standard InChI is InChI=1S/C59H90N7O12.Gd/c1-8-48-49(9-2)53(62-52(48)41-54-50(12-10-22-67)45(3)56(63-54)43-60-5)42-55-51(13-11-23-68)46(4)57(64-55)44-61-47-14-15-58(77-38-36-76-35-34-74-29-27-70-7)59(40-47)78-39-37-75-33-31-72-25-21-66-18-16-65(17-19-66)20-24-71-30-32-73-28-26-69-6;/h14-15,40-44,67-68H,8-13,16-39H2,1-7H3;/q-1;/b54-41-,55-42-,60-43?,61-44?;. The second-order valence-corrected chi connectivity index (χ2v) is 18.8. The van der Waals surface area contributed by atoms with E-state index in [0.717, 1.165) is 109 Å². The maximum absolute atomic E-state index is 9.92. The Labute approximate surface area is 502 Å². The van der Waals surface area contributed by atoms with E-state index in [4.69, 9.17) is 67.3 Å². The number of rotatable bonds is 42. The van der Waals surface area contributed by atoms with Crippen LogP contribution in [0.25, 0.3) is 12.2 Å². The Bertz CT molecular complexity index is 2340. The van der Waals surface area contributed by atoms with Gasteiger partial charge >= 0.3 is 0 Å². The molecule has 1 aromatic heterocycles. The van der Waals surface area contributed by atoms with Gasteiger partial charge in [0.15, 0.2) is 11.5 Å². The molecule has 0 atom stereocenters. The molecule has 1 fully saturated rings. The largest absolute Gasteiger partial charge is 0.657 e. The molecule has 19 nitrogen and oxygen atoms in total. The molecule has 5 rings (SSSR count). The van der Waals surface area contributed by atoms with Gasteiger partial charge in [-0.1, -0.05) is 37.1 Å². The van der Waals surface area contributed by atoms with Gasteiger partial charge in [-0.2, -0.15) is 0 Å². The Morgan fingerprint density at radius 1 is 0.570 bits per heavy atom. The predicted octanol–water partition coefficient (Wildman–Crippen LogP) is 6.41. The van der Waals surface area contributed by atoms with E-state index in [9.17, 15) is 10.2 Å².